The van der Waals surface area contributed by atoms with Crippen molar-refractivity contribution in [1.82, 2.24) is 0 Å². The van der Waals surface area contributed by atoms with E-state index in [2.05, 4.69) is 0 Å². The Morgan fingerprint density at radius 1 is 0.424 bits per heavy atom. The van der Waals surface area contributed by atoms with Gasteiger partial charge in [0.2, 0.25) is 0 Å². The van der Waals surface area contributed by atoms with E-state index in [0.717, 1.165) is 47.8 Å². The Balaban J connectivity index is 1.36. The summed E-state index contributed by atoms with van der Waals surface area (Å²) >= 11 is 0. The Hall–Kier alpha value is 0.0249. The second-order valence-electron chi connectivity index (χ2n) is 14.1. The van der Waals surface area contributed by atoms with Crippen molar-refractivity contribution in [2.45, 2.75) is 164 Å². The summed E-state index contributed by atoms with van der Waals surface area (Å²) in [5.41, 5.74) is 0.676. The molecule has 2 aliphatic heterocycles. The largest absolute Gasteiger partial charge is 0.374 e. The molecule has 5 saturated carbocycles. The van der Waals surface area contributed by atoms with Crippen LogP contribution in [0.4, 0.5) is 0 Å². The maximum Gasteiger partial charge on any atom is 0.150 e. The fourth-order valence-corrected chi connectivity index (χ4v) is 12.6. The molecule has 33 heavy (non-hydrogen) atoms. The normalized spacial score (nSPS) is 50.7. The second-order valence-corrected chi connectivity index (χ2v) is 14.1. The average Bonchev–Trinajstić information content (AvgIpc) is 2.89. The predicted octanol–water partition coefficient (Wildman–Crippen LogP) is 9.08. The molecule has 0 radical (unpaired) electrons. The molecule has 1 nitrogen and oxygen atoms in total. The molecule has 8 unspecified atom stereocenters. The van der Waals surface area contributed by atoms with Crippen molar-refractivity contribution >= 4 is 6.71 Å². The summed E-state index contributed by atoms with van der Waals surface area (Å²) < 4.78 is 7.12. The topological polar surface area (TPSA) is 9.23 Å². The van der Waals surface area contributed by atoms with Crippen molar-refractivity contribution in [2.75, 3.05) is 0 Å². The molecular formula is C31H51BO. The maximum atomic E-state index is 7.12. The lowest BCUT2D eigenvalue weighted by atomic mass is 9.15. The molecule has 1 spiro atoms. The standard InChI is InChI=1S/C31H51BO/c1-2-12-22(13-3-1)32-27-18-8-4-14-23(27)31(24-15-5-9-19-28(24)32)25-16-6-10-20-29(25)33-30-21-11-7-17-26(30)31/h22-30H,1-21H2. The smallest absolute Gasteiger partial charge is 0.150 e. The van der Waals surface area contributed by atoms with Crippen LogP contribution < -0.4 is 0 Å². The van der Waals surface area contributed by atoms with Crippen LogP contribution in [0, 0.1) is 29.1 Å². The first-order valence-corrected chi connectivity index (χ1v) is 16.0. The quantitative estimate of drug-likeness (QED) is 0.362. The van der Waals surface area contributed by atoms with E-state index in [1.165, 1.54) is 57.8 Å². The number of ether oxygens (including phenoxy) is 1. The van der Waals surface area contributed by atoms with E-state index in [0.29, 0.717) is 17.6 Å². The van der Waals surface area contributed by atoms with E-state index >= 15 is 0 Å². The molecule has 7 aliphatic rings. The first-order chi connectivity index (χ1) is 16.4. The van der Waals surface area contributed by atoms with Crippen molar-refractivity contribution in [3.63, 3.8) is 0 Å². The SMILES string of the molecule is C1CCC(B2C3CCCCC3C3(C4CCCCC4OC4CCCCC43)C3CCCCC23)CC1. The molecule has 0 aromatic heterocycles. The molecule has 2 heterocycles. The molecule has 0 amide bonds. The predicted molar refractivity (Wildman–Crippen MR) is 139 cm³/mol. The Bertz CT molecular complexity index is 636. The van der Waals surface area contributed by atoms with Crippen LogP contribution in [0.2, 0.25) is 17.5 Å². The van der Waals surface area contributed by atoms with E-state index in [4.69, 9.17) is 4.74 Å². The van der Waals surface area contributed by atoms with Crippen LogP contribution in [0.3, 0.4) is 0 Å². The minimum atomic E-state index is 0.634. The van der Waals surface area contributed by atoms with Gasteiger partial charge in [-0.25, -0.2) is 0 Å². The Labute approximate surface area is 205 Å². The zero-order valence-electron chi connectivity index (χ0n) is 21.5. The number of fused-ring (bicyclic) bond motifs is 8. The first-order valence-electron chi connectivity index (χ1n) is 16.0. The molecule has 184 valence electrons. The van der Waals surface area contributed by atoms with Crippen molar-refractivity contribution in [3.05, 3.63) is 0 Å². The third kappa shape index (κ3) is 3.41. The van der Waals surface area contributed by atoms with Gasteiger partial charge in [0, 0.05) is 0 Å². The monoisotopic (exact) mass is 450 g/mol. The minimum Gasteiger partial charge on any atom is -0.374 e. The zero-order chi connectivity index (χ0) is 21.8. The summed E-state index contributed by atoms with van der Waals surface area (Å²) in [6.07, 6.45) is 33.4. The Morgan fingerprint density at radius 2 is 0.848 bits per heavy atom. The van der Waals surface area contributed by atoms with Crippen LogP contribution in [0.1, 0.15) is 135 Å². The van der Waals surface area contributed by atoms with Gasteiger partial charge in [0.05, 0.1) is 12.2 Å². The highest BCUT2D eigenvalue weighted by atomic mass is 16.5. The third-order valence-electron chi connectivity index (χ3n) is 13.1. The highest BCUT2D eigenvalue weighted by Gasteiger charge is 2.69. The van der Waals surface area contributed by atoms with Crippen LogP contribution in [-0.2, 0) is 4.74 Å². The van der Waals surface area contributed by atoms with Gasteiger partial charge < -0.3 is 4.74 Å². The summed E-state index contributed by atoms with van der Waals surface area (Å²) in [7, 11) is 0. The number of hydrogen-bond donors (Lipinski definition) is 0. The van der Waals surface area contributed by atoms with Crippen molar-refractivity contribution in [2.24, 2.45) is 29.1 Å². The Kier molecular flexibility index (Phi) is 6.17. The minimum absolute atomic E-state index is 0.634. The summed E-state index contributed by atoms with van der Waals surface area (Å²) in [4.78, 5) is 0. The van der Waals surface area contributed by atoms with Crippen molar-refractivity contribution < 1.29 is 4.74 Å². The summed E-state index contributed by atoms with van der Waals surface area (Å²) in [6, 6.07) is 0. The van der Waals surface area contributed by atoms with Gasteiger partial charge in [-0.15, -0.1) is 0 Å². The molecular weight excluding hydrogens is 399 g/mol. The van der Waals surface area contributed by atoms with E-state index in [-0.39, 0.29) is 0 Å². The molecule has 7 rings (SSSR count). The van der Waals surface area contributed by atoms with Crippen molar-refractivity contribution in [3.8, 4) is 0 Å². The lowest BCUT2D eigenvalue weighted by Crippen LogP contribution is -2.68. The third-order valence-corrected chi connectivity index (χ3v) is 13.1. The van der Waals surface area contributed by atoms with Crippen LogP contribution in [-0.4, -0.2) is 18.9 Å². The van der Waals surface area contributed by atoms with Gasteiger partial charge in [-0.3, -0.25) is 0 Å². The molecule has 0 aromatic rings. The molecule has 5 aliphatic carbocycles. The van der Waals surface area contributed by atoms with Gasteiger partial charge in [-0.05, 0) is 54.8 Å². The molecule has 2 saturated heterocycles. The summed E-state index contributed by atoms with van der Waals surface area (Å²) in [6.45, 7) is 1.11. The molecule has 7 fully saturated rings. The van der Waals surface area contributed by atoms with Gasteiger partial charge in [0.1, 0.15) is 6.71 Å². The molecule has 0 bridgehead atoms. The maximum absolute atomic E-state index is 7.12. The van der Waals surface area contributed by atoms with Crippen LogP contribution in [0.25, 0.3) is 0 Å². The van der Waals surface area contributed by atoms with Gasteiger partial charge in [-0.1, -0.05) is 127 Å². The lowest BCUT2D eigenvalue weighted by molar-refractivity contribution is -0.257. The van der Waals surface area contributed by atoms with Gasteiger partial charge in [0.25, 0.3) is 0 Å². The molecule has 0 aromatic carbocycles. The van der Waals surface area contributed by atoms with E-state index in [1.54, 1.807) is 77.0 Å². The van der Waals surface area contributed by atoms with E-state index in [9.17, 15) is 0 Å². The van der Waals surface area contributed by atoms with Crippen molar-refractivity contribution in [1.29, 1.82) is 0 Å². The van der Waals surface area contributed by atoms with Crippen LogP contribution in [0.15, 0.2) is 0 Å². The zero-order valence-corrected chi connectivity index (χ0v) is 21.5. The Morgan fingerprint density at radius 3 is 1.39 bits per heavy atom. The van der Waals surface area contributed by atoms with E-state index in [1.807, 2.05) is 0 Å². The summed E-state index contributed by atoms with van der Waals surface area (Å²) in [5.74, 6) is 7.25. The fourth-order valence-electron chi connectivity index (χ4n) is 12.6. The first kappa shape index (κ1) is 22.2. The average molecular weight is 451 g/mol. The molecule has 2 heteroatoms. The highest BCUT2D eigenvalue weighted by molar-refractivity contribution is 6.64. The number of hydrogen-bond acceptors (Lipinski definition) is 1. The number of rotatable bonds is 1. The second kappa shape index (κ2) is 9.16. The highest BCUT2D eigenvalue weighted by Crippen LogP contribution is 2.74. The molecule has 8 atom stereocenters. The van der Waals surface area contributed by atoms with Gasteiger partial charge >= 0.3 is 0 Å². The van der Waals surface area contributed by atoms with Gasteiger partial charge in [0.15, 0.2) is 0 Å². The lowest BCUT2D eigenvalue weighted by Gasteiger charge is -2.72. The molecule has 0 N–H and O–H groups in total. The van der Waals surface area contributed by atoms with Gasteiger partial charge in [-0.2, -0.15) is 0 Å². The van der Waals surface area contributed by atoms with Crippen LogP contribution >= 0.6 is 0 Å². The summed E-state index contributed by atoms with van der Waals surface area (Å²) in [5, 5.41) is 0. The van der Waals surface area contributed by atoms with E-state index < -0.39 is 0 Å². The van der Waals surface area contributed by atoms with Crippen LogP contribution in [0.5, 0.6) is 0 Å². The fraction of sp³-hybridized carbons (Fsp3) is 1.00.